The Morgan fingerprint density at radius 2 is 2.03 bits per heavy atom. The van der Waals surface area contributed by atoms with Gasteiger partial charge in [0, 0.05) is 50.0 Å². The van der Waals surface area contributed by atoms with E-state index in [1.165, 1.54) is 6.20 Å². The predicted molar refractivity (Wildman–Crippen MR) is 130 cm³/mol. The van der Waals surface area contributed by atoms with Crippen molar-refractivity contribution in [3.8, 4) is 0 Å². The molecule has 0 aromatic carbocycles. The molecule has 1 aliphatic carbocycles. The van der Waals surface area contributed by atoms with Crippen LogP contribution in [0, 0.1) is 5.82 Å². The normalized spacial score (nSPS) is 26.5. The van der Waals surface area contributed by atoms with Crippen LogP contribution in [0.2, 0.25) is 5.02 Å². The summed E-state index contributed by atoms with van der Waals surface area (Å²) < 4.78 is 14.7. The molecular formula is C24H31ClFN7O. The first kappa shape index (κ1) is 23.1. The SMILES string of the molecule is CN1CC(c2ncc(F)c(N[C@@H]3CCC[C@@](C)(NC(=O)N4CCCC4)C3)n2)c2cc(Cl)cnc21. The number of rotatable bonds is 4. The molecule has 1 saturated carbocycles. The van der Waals surface area contributed by atoms with Crippen LogP contribution in [0.5, 0.6) is 0 Å². The molecule has 8 nitrogen and oxygen atoms in total. The Morgan fingerprint density at radius 1 is 1.24 bits per heavy atom. The van der Waals surface area contributed by atoms with E-state index >= 15 is 0 Å². The van der Waals surface area contributed by atoms with Gasteiger partial charge in [-0.3, -0.25) is 0 Å². The number of aromatic nitrogens is 3. The molecule has 1 unspecified atom stereocenters. The van der Waals surface area contributed by atoms with Gasteiger partial charge in [0.05, 0.1) is 17.1 Å². The Morgan fingerprint density at radius 3 is 2.82 bits per heavy atom. The van der Waals surface area contributed by atoms with Crippen molar-refractivity contribution in [2.24, 2.45) is 0 Å². The Kier molecular flexibility index (Phi) is 6.22. The van der Waals surface area contributed by atoms with Crippen molar-refractivity contribution in [2.45, 2.75) is 62.9 Å². The minimum Gasteiger partial charge on any atom is -0.365 e. The molecular weight excluding hydrogens is 457 g/mol. The van der Waals surface area contributed by atoms with Crippen LogP contribution in [0.25, 0.3) is 0 Å². The Labute approximate surface area is 204 Å². The lowest BCUT2D eigenvalue weighted by Crippen LogP contribution is -2.54. The monoisotopic (exact) mass is 487 g/mol. The Hall–Kier alpha value is -2.68. The standard InChI is InChI=1S/C24H31ClFN7O/c1-24(31-23(34)33-8-3-4-9-33)7-5-6-16(11-24)29-21-19(26)13-27-20(30-21)18-14-32(2)22-17(18)10-15(25)12-28-22/h10,12-13,16,18H,3-9,11,14H2,1-2H3,(H,31,34)(H,27,29,30)/t16-,18?,24-/m1/s1. The topological polar surface area (TPSA) is 86.3 Å². The number of hydrogen-bond donors (Lipinski definition) is 2. The quantitative estimate of drug-likeness (QED) is 0.673. The summed E-state index contributed by atoms with van der Waals surface area (Å²) in [6, 6.07) is 1.89. The number of hydrogen-bond acceptors (Lipinski definition) is 6. The van der Waals surface area contributed by atoms with E-state index in [4.69, 9.17) is 11.6 Å². The summed E-state index contributed by atoms with van der Waals surface area (Å²) in [5.41, 5.74) is 0.611. The van der Waals surface area contributed by atoms with E-state index in [0.717, 1.165) is 56.6 Å². The second kappa shape index (κ2) is 9.17. The van der Waals surface area contributed by atoms with Crippen molar-refractivity contribution < 1.29 is 9.18 Å². The number of likely N-dealkylation sites (N-methyl/N-ethyl adjacent to an activating group) is 1. The van der Waals surface area contributed by atoms with Crippen LogP contribution < -0.4 is 15.5 Å². The fraction of sp³-hybridized carbons (Fsp3) is 0.583. The van der Waals surface area contributed by atoms with Crippen LogP contribution in [-0.4, -0.2) is 64.1 Å². The van der Waals surface area contributed by atoms with Gasteiger partial charge in [-0.25, -0.2) is 24.1 Å². The second-order valence-electron chi connectivity index (χ2n) is 10.0. The van der Waals surface area contributed by atoms with Gasteiger partial charge < -0.3 is 20.4 Å². The maximum atomic E-state index is 14.7. The van der Waals surface area contributed by atoms with Crippen molar-refractivity contribution >= 4 is 29.3 Å². The summed E-state index contributed by atoms with van der Waals surface area (Å²) in [7, 11) is 1.96. The predicted octanol–water partition coefficient (Wildman–Crippen LogP) is 4.16. The molecule has 3 aliphatic rings. The van der Waals surface area contributed by atoms with Gasteiger partial charge in [0.1, 0.15) is 11.6 Å². The lowest BCUT2D eigenvalue weighted by molar-refractivity contribution is 0.179. The van der Waals surface area contributed by atoms with Gasteiger partial charge in [-0.1, -0.05) is 11.6 Å². The van der Waals surface area contributed by atoms with Crippen molar-refractivity contribution in [1.29, 1.82) is 0 Å². The number of likely N-dealkylation sites (tertiary alicyclic amines) is 1. The van der Waals surface area contributed by atoms with Crippen molar-refractivity contribution in [1.82, 2.24) is 25.2 Å². The number of carbonyl (C=O) groups excluding carboxylic acids is 1. The van der Waals surface area contributed by atoms with Crippen molar-refractivity contribution in [3.05, 3.63) is 40.7 Å². The van der Waals surface area contributed by atoms with Crippen LogP contribution >= 0.6 is 11.6 Å². The van der Waals surface area contributed by atoms with Crippen LogP contribution in [0.4, 0.5) is 20.8 Å². The molecule has 2 aliphatic heterocycles. The molecule has 34 heavy (non-hydrogen) atoms. The summed E-state index contributed by atoms with van der Waals surface area (Å²) in [4.78, 5) is 29.9. The zero-order valence-corrected chi connectivity index (χ0v) is 20.4. The maximum absolute atomic E-state index is 14.7. The highest BCUT2D eigenvalue weighted by atomic mass is 35.5. The molecule has 0 spiro atoms. The molecule has 2 N–H and O–H groups in total. The van der Waals surface area contributed by atoms with Gasteiger partial charge >= 0.3 is 6.03 Å². The van der Waals surface area contributed by atoms with Crippen molar-refractivity contribution in [3.63, 3.8) is 0 Å². The van der Waals surface area contributed by atoms with E-state index in [2.05, 4.69) is 32.5 Å². The highest BCUT2D eigenvalue weighted by Gasteiger charge is 2.36. The highest BCUT2D eigenvalue weighted by Crippen LogP contribution is 2.38. The van der Waals surface area contributed by atoms with Crippen LogP contribution in [0.1, 0.15) is 62.8 Å². The molecule has 4 heterocycles. The van der Waals surface area contributed by atoms with E-state index in [9.17, 15) is 9.18 Å². The molecule has 2 aromatic rings. The average Bonchev–Trinajstić information content (AvgIpc) is 3.44. The highest BCUT2D eigenvalue weighted by molar-refractivity contribution is 6.30. The summed E-state index contributed by atoms with van der Waals surface area (Å²) in [6.45, 7) is 4.37. The third-order valence-electron chi connectivity index (χ3n) is 7.25. The third-order valence-corrected chi connectivity index (χ3v) is 7.46. The molecule has 2 amide bonds. The number of pyridine rings is 1. The first-order valence-corrected chi connectivity index (χ1v) is 12.4. The molecule has 2 aromatic heterocycles. The van der Waals surface area contributed by atoms with E-state index in [0.29, 0.717) is 23.8 Å². The number of fused-ring (bicyclic) bond motifs is 1. The number of anilines is 2. The largest absolute Gasteiger partial charge is 0.365 e. The zero-order valence-electron chi connectivity index (χ0n) is 19.7. The van der Waals surface area contributed by atoms with Crippen LogP contribution in [0.15, 0.2) is 18.5 Å². The van der Waals surface area contributed by atoms with E-state index in [-0.39, 0.29) is 29.3 Å². The first-order chi connectivity index (χ1) is 16.3. The Balaban J connectivity index is 1.31. The summed E-state index contributed by atoms with van der Waals surface area (Å²) in [5.74, 6) is 0.973. The zero-order chi connectivity index (χ0) is 23.9. The van der Waals surface area contributed by atoms with Gasteiger partial charge in [-0.05, 0) is 51.5 Å². The van der Waals surface area contributed by atoms with Gasteiger partial charge in [0.15, 0.2) is 11.6 Å². The molecule has 0 radical (unpaired) electrons. The number of halogens is 2. The molecule has 5 rings (SSSR count). The van der Waals surface area contributed by atoms with Crippen molar-refractivity contribution in [2.75, 3.05) is 36.9 Å². The first-order valence-electron chi connectivity index (χ1n) is 12.0. The number of nitrogens with one attached hydrogen (secondary N) is 2. The molecule has 182 valence electrons. The Bertz CT molecular complexity index is 1080. The van der Waals surface area contributed by atoms with Gasteiger partial charge in [-0.2, -0.15) is 0 Å². The molecule has 1 saturated heterocycles. The molecule has 3 atom stereocenters. The minimum absolute atomic E-state index is 0.00419. The molecule has 2 fully saturated rings. The van der Waals surface area contributed by atoms with Gasteiger partial charge in [0.2, 0.25) is 0 Å². The smallest absolute Gasteiger partial charge is 0.317 e. The molecule has 10 heteroatoms. The van der Waals surface area contributed by atoms with Gasteiger partial charge in [0.25, 0.3) is 0 Å². The number of amides is 2. The summed E-state index contributed by atoms with van der Waals surface area (Å²) in [5, 5.41) is 7.10. The summed E-state index contributed by atoms with van der Waals surface area (Å²) in [6.07, 6.45) is 8.43. The van der Waals surface area contributed by atoms with Gasteiger partial charge in [-0.15, -0.1) is 0 Å². The summed E-state index contributed by atoms with van der Waals surface area (Å²) >= 11 is 6.19. The van der Waals surface area contributed by atoms with E-state index in [1.807, 2.05) is 22.9 Å². The van der Waals surface area contributed by atoms with E-state index < -0.39 is 5.82 Å². The maximum Gasteiger partial charge on any atom is 0.317 e. The van der Waals surface area contributed by atoms with E-state index in [1.54, 1.807) is 6.20 Å². The lowest BCUT2D eigenvalue weighted by atomic mass is 9.80. The number of urea groups is 1. The second-order valence-corrected chi connectivity index (χ2v) is 10.5. The van der Waals surface area contributed by atoms with Crippen LogP contribution in [-0.2, 0) is 0 Å². The lowest BCUT2D eigenvalue weighted by Gasteiger charge is -2.40. The number of carbonyl (C=O) groups is 1. The third kappa shape index (κ3) is 4.62. The van der Waals surface area contributed by atoms with Crippen LogP contribution in [0.3, 0.4) is 0 Å². The average molecular weight is 488 g/mol. The molecule has 0 bridgehead atoms. The minimum atomic E-state index is -0.479. The fourth-order valence-electron chi connectivity index (χ4n) is 5.53. The fourth-order valence-corrected chi connectivity index (χ4v) is 5.69. The number of nitrogens with zero attached hydrogens (tertiary/aromatic N) is 5.